The summed E-state index contributed by atoms with van der Waals surface area (Å²) in [6.07, 6.45) is 3.02. The lowest BCUT2D eigenvalue weighted by molar-refractivity contribution is 0.0684. The Bertz CT molecular complexity index is 691. The Morgan fingerprint density at radius 2 is 1.83 bits per heavy atom. The van der Waals surface area contributed by atoms with Crippen LogP contribution in [-0.2, 0) is 6.42 Å². The Morgan fingerprint density at radius 1 is 1.12 bits per heavy atom. The first-order valence-electron chi connectivity index (χ1n) is 8.38. The average molecular weight is 325 g/mol. The van der Waals surface area contributed by atoms with Gasteiger partial charge in [-0.05, 0) is 42.9 Å². The highest BCUT2D eigenvalue weighted by Crippen LogP contribution is 2.30. The molecule has 4 heteroatoms. The first kappa shape index (κ1) is 16.4. The van der Waals surface area contributed by atoms with Crippen molar-refractivity contribution < 1.29 is 14.6 Å². The second-order valence-electron chi connectivity index (χ2n) is 6.28. The zero-order chi connectivity index (χ0) is 16.9. The number of methoxy groups -OCH3 is 1. The van der Waals surface area contributed by atoms with Gasteiger partial charge in [0.2, 0.25) is 0 Å². The Morgan fingerprint density at radius 3 is 2.50 bits per heavy atom. The summed E-state index contributed by atoms with van der Waals surface area (Å²) in [5.74, 6) is 0.850. The van der Waals surface area contributed by atoms with Crippen LogP contribution in [0.1, 0.15) is 28.8 Å². The van der Waals surface area contributed by atoms with Crippen molar-refractivity contribution in [2.75, 3.05) is 20.2 Å². The number of ether oxygens (including phenoxy) is 1. The Kier molecular flexibility index (Phi) is 5.04. The summed E-state index contributed by atoms with van der Waals surface area (Å²) in [5.41, 5.74) is 1.62. The molecule has 1 fully saturated rings. The summed E-state index contributed by atoms with van der Waals surface area (Å²) in [6.45, 7) is 1.43. The number of piperidine rings is 1. The van der Waals surface area contributed by atoms with Crippen LogP contribution in [-0.4, -0.2) is 36.1 Å². The minimum atomic E-state index is -0.150. The van der Waals surface area contributed by atoms with Gasteiger partial charge >= 0.3 is 0 Å². The normalized spacial score (nSPS) is 15.3. The van der Waals surface area contributed by atoms with Gasteiger partial charge in [0.25, 0.3) is 5.91 Å². The summed E-state index contributed by atoms with van der Waals surface area (Å²) < 4.78 is 5.23. The Balaban J connectivity index is 1.64. The summed E-state index contributed by atoms with van der Waals surface area (Å²) in [5, 5.41) is 10.0. The molecule has 3 rings (SSSR count). The highest BCUT2D eigenvalue weighted by molar-refractivity contribution is 5.99. The van der Waals surface area contributed by atoms with Crippen LogP contribution < -0.4 is 4.74 Å². The van der Waals surface area contributed by atoms with Crippen LogP contribution >= 0.6 is 0 Å². The van der Waals surface area contributed by atoms with Gasteiger partial charge in [-0.2, -0.15) is 0 Å². The van der Waals surface area contributed by atoms with Crippen molar-refractivity contribution in [2.45, 2.75) is 19.3 Å². The maximum atomic E-state index is 12.8. The SMILES string of the molecule is COc1cccc(O)c1C(=O)N1CCC(Cc2ccccc2)CC1. The van der Waals surface area contributed by atoms with Gasteiger partial charge in [-0.15, -0.1) is 0 Å². The molecule has 2 aromatic rings. The molecule has 0 bridgehead atoms. The van der Waals surface area contributed by atoms with Crippen LogP contribution in [0.4, 0.5) is 0 Å². The molecule has 0 unspecified atom stereocenters. The van der Waals surface area contributed by atoms with E-state index in [-0.39, 0.29) is 17.2 Å². The van der Waals surface area contributed by atoms with E-state index in [4.69, 9.17) is 4.74 Å². The predicted octanol–water partition coefficient (Wildman–Crippen LogP) is 3.50. The molecule has 0 saturated carbocycles. The number of amides is 1. The number of hydrogen-bond donors (Lipinski definition) is 1. The molecule has 0 radical (unpaired) electrons. The van der Waals surface area contributed by atoms with Crippen molar-refractivity contribution in [3.8, 4) is 11.5 Å². The van der Waals surface area contributed by atoms with E-state index >= 15 is 0 Å². The van der Waals surface area contributed by atoms with Gasteiger partial charge in [0.1, 0.15) is 17.1 Å². The second kappa shape index (κ2) is 7.39. The van der Waals surface area contributed by atoms with Gasteiger partial charge in [0.05, 0.1) is 7.11 Å². The highest BCUT2D eigenvalue weighted by Gasteiger charge is 2.27. The number of aromatic hydroxyl groups is 1. The smallest absolute Gasteiger partial charge is 0.261 e. The maximum absolute atomic E-state index is 12.8. The Labute approximate surface area is 142 Å². The summed E-state index contributed by atoms with van der Waals surface area (Å²) in [6, 6.07) is 15.4. The molecule has 1 saturated heterocycles. The van der Waals surface area contributed by atoms with Crippen LogP contribution in [0.3, 0.4) is 0 Å². The van der Waals surface area contributed by atoms with Crippen molar-refractivity contribution in [1.29, 1.82) is 0 Å². The average Bonchev–Trinajstić information content (AvgIpc) is 2.62. The third-order valence-corrected chi connectivity index (χ3v) is 4.71. The monoisotopic (exact) mass is 325 g/mol. The molecule has 24 heavy (non-hydrogen) atoms. The molecule has 4 nitrogen and oxygen atoms in total. The van der Waals surface area contributed by atoms with Gasteiger partial charge in [0.15, 0.2) is 0 Å². The number of phenols is 1. The minimum Gasteiger partial charge on any atom is -0.507 e. The van der Waals surface area contributed by atoms with E-state index < -0.39 is 0 Å². The Hall–Kier alpha value is -2.49. The quantitative estimate of drug-likeness (QED) is 0.936. The van der Waals surface area contributed by atoms with E-state index in [1.165, 1.54) is 18.7 Å². The first-order chi connectivity index (χ1) is 11.7. The lowest BCUT2D eigenvalue weighted by Crippen LogP contribution is -2.39. The molecule has 1 heterocycles. The molecule has 1 amide bonds. The van der Waals surface area contributed by atoms with Gasteiger partial charge < -0.3 is 14.7 Å². The lowest BCUT2D eigenvalue weighted by atomic mass is 9.90. The zero-order valence-corrected chi connectivity index (χ0v) is 13.9. The highest BCUT2D eigenvalue weighted by atomic mass is 16.5. The van der Waals surface area contributed by atoms with Crippen LogP contribution in [0.2, 0.25) is 0 Å². The number of benzene rings is 2. The van der Waals surface area contributed by atoms with Crippen molar-refractivity contribution >= 4 is 5.91 Å². The van der Waals surface area contributed by atoms with Crippen LogP contribution in [0.5, 0.6) is 11.5 Å². The van der Waals surface area contributed by atoms with E-state index in [0.29, 0.717) is 24.8 Å². The summed E-state index contributed by atoms with van der Waals surface area (Å²) >= 11 is 0. The van der Waals surface area contributed by atoms with Crippen molar-refractivity contribution in [3.63, 3.8) is 0 Å². The molecule has 126 valence electrons. The molecule has 0 spiro atoms. The number of likely N-dealkylation sites (tertiary alicyclic amines) is 1. The first-order valence-corrected chi connectivity index (χ1v) is 8.38. The number of rotatable bonds is 4. The number of carbonyl (C=O) groups is 1. The van der Waals surface area contributed by atoms with Crippen molar-refractivity contribution in [3.05, 3.63) is 59.7 Å². The fourth-order valence-electron chi connectivity index (χ4n) is 3.35. The fourth-order valence-corrected chi connectivity index (χ4v) is 3.35. The molecular weight excluding hydrogens is 302 g/mol. The molecule has 1 aliphatic heterocycles. The van der Waals surface area contributed by atoms with Gasteiger partial charge in [0, 0.05) is 13.1 Å². The number of carbonyl (C=O) groups excluding carboxylic acids is 1. The summed E-state index contributed by atoms with van der Waals surface area (Å²) in [7, 11) is 1.51. The zero-order valence-electron chi connectivity index (χ0n) is 13.9. The minimum absolute atomic E-state index is 0.0224. The second-order valence-corrected chi connectivity index (χ2v) is 6.28. The molecule has 0 atom stereocenters. The fraction of sp³-hybridized carbons (Fsp3) is 0.350. The predicted molar refractivity (Wildman–Crippen MR) is 93.4 cm³/mol. The standard InChI is InChI=1S/C20H23NO3/c1-24-18-9-5-8-17(22)19(18)20(23)21-12-10-16(11-13-21)14-15-6-3-2-4-7-15/h2-9,16,22H,10-14H2,1H3. The number of nitrogens with zero attached hydrogens (tertiary/aromatic N) is 1. The van der Waals surface area contributed by atoms with Gasteiger partial charge in [-0.3, -0.25) is 4.79 Å². The number of hydrogen-bond acceptors (Lipinski definition) is 3. The molecule has 0 aliphatic carbocycles. The van der Waals surface area contributed by atoms with Gasteiger partial charge in [-0.1, -0.05) is 36.4 Å². The molecule has 1 aliphatic rings. The molecule has 0 aromatic heterocycles. The molecule has 2 aromatic carbocycles. The third kappa shape index (κ3) is 3.53. The van der Waals surface area contributed by atoms with Crippen molar-refractivity contribution in [1.82, 2.24) is 4.90 Å². The van der Waals surface area contributed by atoms with E-state index in [1.54, 1.807) is 12.1 Å². The van der Waals surface area contributed by atoms with Crippen LogP contribution in [0.15, 0.2) is 48.5 Å². The van der Waals surface area contributed by atoms with Crippen molar-refractivity contribution in [2.24, 2.45) is 5.92 Å². The van der Waals surface area contributed by atoms with Gasteiger partial charge in [-0.25, -0.2) is 0 Å². The van der Waals surface area contributed by atoms with Crippen LogP contribution in [0.25, 0.3) is 0 Å². The molecule has 1 N–H and O–H groups in total. The largest absolute Gasteiger partial charge is 0.507 e. The number of phenolic OH excluding ortho intramolecular Hbond substituents is 1. The maximum Gasteiger partial charge on any atom is 0.261 e. The third-order valence-electron chi connectivity index (χ3n) is 4.71. The topological polar surface area (TPSA) is 49.8 Å². The van der Waals surface area contributed by atoms with Crippen LogP contribution in [0, 0.1) is 5.92 Å². The molecular formula is C20H23NO3. The van der Waals surface area contributed by atoms with E-state index in [1.807, 2.05) is 11.0 Å². The lowest BCUT2D eigenvalue weighted by Gasteiger charge is -2.32. The van der Waals surface area contributed by atoms with E-state index in [2.05, 4.69) is 24.3 Å². The van der Waals surface area contributed by atoms with E-state index in [9.17, 15) is 9.90 Å². The van der Waals surface area contributed by atoms with E-state index in [0.717, 1.165) is 19.3 Å². The summed E-state index contributed by atoms with van der Waals surface area (Å²) in [4.78, 5) is 14.6.